The summed E-state index contributed by atoms with van der Waals surface area (Å²) in [5, 5.41) is 6.14. The van der Waals surface area contributed by atoms with Gasteiger partial charge in [-0.15, -0.1) is 0 Å². The molecular weight excluding hydrogens is 392 g/mol. The van der Waals surface area contributed by atoms with Crippen LogP contribution in [0.3, 0.4) is 0 Å². The highest BCUT2D eigenvalue weighted by Gasteiger charge is 2.28. The summed E-state index contributed by atoms with van der Waals surface area (Å²) in [7, 11) is 4.20. The van der Waals surface area contributed by atoms with E-state index in [1.165, 1.54) is 22.1 Å². The Bertz CT molecular complexity index is 999. The normalized spacial score (nSPS) is 16.8. The van der Waals surface area contributed by atoms with E-state index in [1.54, 1.807) is 0 Å². The zero-order chi connectivity index (χ0) is 21.1. The molecule has 158 valence electrons. The lowest BCUT2D eigenvalue weighted by Crippen LogP contribution is -2.41. The van der Waals surface area contributed by atoms with Crippen molar-refractivity contribution in [1.82, 2.24) is 14.2 Å². The highest BCUT2D eigenvalue weighted by atomic mass is 32.2. The maximum Gasteiger partial charge on any atom is 0.234 e. The first-order valence-corrected chi connectivity index (χ1v) is 12.0. The molecule has 0 aliphatic carbocycles. The number of nitrogens with one attached hydrogen (secondary N) is 1. The lowest BCUT2D eigenvalue weighted by molar-refractivity contribution is 0.335. The Labute approximate surface area is 182 Å². The molecule has 4 rings (SSSR count). The van der Waals surface area contributed by atoms with E-state index < -0.39 is 11.4 Å². The van der Waals surface area contributed by atoms with Gasteiger partial charge in [-0.25, -0.2) is 0 Å². The standard InChI is InChI=1S/C24H31N4OS/c1-27(2)17-18-5-4-6-19(13-18)21-14-20-7-10-25-16-23(20)24(15-21)26-22-8-11-28(12-9-22)30(3)29/h4-7,10,13-16,22,26,29H,8-9,11-12,17H2,1-3H3/q+1. The van der Waals surface area contributed by atoms with Crippen LogP contribution in [0.1, 0.15) is 18.4 Å². The summed E-state index contributed by atoms with van der Waals surface area (Å²) in [6.07, 6.45) is 7.75. The van der Waals surface area contributed by atoms with Crippen LogP contribution in [0.15, 0.2) is 54.9 Å². The number of aromatic nitrogens is 1. The number of fused-ring (bicyclic) bond motifs is 1. The molecule has 1 aromatic heterocycles. The van der Waals surface area contributed by atoms with Crippen LogP contribution >= 0.6 is 0 Å². The SMILES string of the molecule is CN(C)Cc1cccc(-c2cc(NC3CCN([S+](C)O)CC3)c3cnccc3c2)c1. The minimum Gasteiger partial charge on any atom is -0.382 e. The minimum atomic E-state index is -0.629. The van der Waals surface area contributed by atoms with E-state index >= 15 is 0 Å². The first kappa shape index (κ1) is 21.1. The van der Waals surface area contributed by atoms with Gasteiger partial charge in [0.1, 0.15) is 0 Å². The average Bonchev–Trinajstić information content (AvgIpc) is 2.74. The molecule has 3 aromatic rings. The van der Waals surface area contributed by atoms with Crippen LogP contribution in [-0.2, 0) is 17.9 Å². The highest BCUT2D eigenvalue weighted by molar-refractivity contribution is 7.88. The molecule has 0 bridgehead atoms. The number of piperidine rings is 1. The number of pyridine rings is 1. The van der Waals surface area contributed by atoms with E-state index in [0.717, 1.165) is 43.5 Å². The van der Waals surface area contributed by atoms with Gasteiger partial charge in [-0.2, -0.15) is 4.55 Å². The quantitative estimate of drug-likeness (QED) is 0.573. The molecule has 1 aliphatic rings. The molecule has 1 atom stereocenters. The van der Waals surface area contributed by atoms with E-state index in [9.17, 15) is 4.55 Å². The minimum absolute atomic E-state index is 0.406. The lowest BCUT2D eigenvalue weighted by atomic mass is 9.98. The van der Waals surface area contributed by atoms with Crippen molar-refractivity contribution in [2.75, 3.05) is 38.8 Å². The summed E-state index contributed by atoms with van der Waals surface area (Å²) in [5.74, 6) is 0. The Kier molecular flexibility index (Phi) is 6.58. The predicted molar refractivity (Wildman–Crippen MR) is 129 cm³/mol. The van der Waals surface area contributed by atoms with Gasteiger partial charge >= 0.3 is 0 Å². The number of rotatable bonds is 6. The topological polar surface area (TPSA) is 51.6 Å². The van der Waals surface area contributed by atoms with Crippen molar-refractivity contribution in [2.24, 2.45) is 0 Å². The van der Waals surface area contributed by atoms with Crippen molar-refractivity contribution < 1.29 is 4.55 Å². The van der Waals surface area contributed by atoms with Crippen LogP contribution in [0.2, 0.25) is 0 Å². The van der Waals surface area contributed by atoms with Crippen molar-refractivity contribution in [3.05, 3.63) is 60.4 Å². The monoisotopic (exact) mass is 423 g/mol. The summed E-state index contributed by atoms with van der Waals surface area (Å²) >= 11 is -0.629. The second-order valence-electron chi connectivity index (χ2n) is 8.35. The van der Waals surface area contributed by atoms with E-state index in [0.29, 0.717) is 6.04 Å². The predicted octanol–water partition coefficient (Wildman–Crippen LogP) is 4.48. The van der Waals surface area contributed by atoms with Gasteiger partial charge in [0, 0.05) is 49.1 Å². The van der Waals surface area contributed by atoms with E-state index in [4.69, 9.17) is 0 Å². The van der Waals surface area contributed by atoms with Gasteiger partial charge in [-0.1, -0.05) is 22.5 Å². The molecule has 2 aromatic carbocycles. The van der Waals surface area contributed by atoms with Crippen LogP contribution in [-0.4, -0.2) is 58.2 Å². The molecule has 0 saturated carbocycles. The maximum atomic E-state index is 9.86. The molecule has 2 heterocycles. The number of benzene rings is 2. The Balaban J connectivity index is 1.64. The molecule has 1 unspecified atom stereocenters. The van der Waals surface area contributed by atoms with E-state index in [-0.39, 0.29) is 0 Å². The smallest absolute Gasteiger partial charge is 0.234 e. The molecule has 6 heteroatoms. The summed E-state index contributed by atoms with van der Waals surface area (Å²) in [6.45, 7) is 2.78. The third-order valence-corrected chi connectivity index (χ3v) is 6.81. The first-order chi connectivity index (χ1) is 14.5. The van der Waals surface area contributed by atoms with Gasteiger partial charge in [0.15, 0.2) is 6.26 Å². The summed E-state index contributed by atoms with van der Waals surface area (Å²) in [6, 6.07) is 15.8. The fraction of sp³-hybridized carbons (Fsp3) is 0.375. The van der Waals surface area contributed by atoms with Gasteiger partial charge < -0.3 is 10.2 Å². The zero-order valence-electron chi connectivity index (χ0n) is 18.0. The molecular formula is C24H31N4OS+. The van der Waals surface area contributed by atoms with E-state index in [2.05, 4.69) is 76.1 Å². The Hall–Kier alpha value is -2.12. The second-order valence-corrected chi connectivity index (χ2v) is 9.76. The Morgan fingerprint density at radius 1 is 1.13 bits per heavy atom. The second kappa shape index (κ2) is 9.35. The molecule has 1 aliphatic heterocycles. The van der Waals surface area contributed by atoms with Gasteiger partial charge in [0.25, 0.3) is 0 Å². The molecule has 0 radical (unpaired) electrons. The fourth-order valence-corrected chi connectivity index (χ4v) is 4.92. The summed E-state index contributed by atoms with van der Waals surface area (Å²) < 4.78 is 12.0. The van der Waals surface area contributed by atoms with Crippen molar-refractivity contribution in [3.63, 3.8) is 0 Å². The first-order valence-electron chi connectivity index (χ1n) is 10.5. The average molecular weight is 424 g/mol. The third-order valence-electron chi connectivity index (χ3n) is 5.70. The molecule has 1 saturated heterocycles. The van der Waals surface area contributed by atoms with Crippen LogP contribution in [0.5, 0.6) is 0 Å². The molecule has 0 spiro atoms. The zero-order valence-corrected chi connectivity index (χ0v) is 18.8. The van der Waals surface area contributed by atoms with Crippen LogP contribution in [0.25, 0.3) is 21.9 Å². The van der Waals surface area contributed by atoms with E-state index in [1.807, 2.05) is 18.6 Å². The number of anilines is 1. The van der Waals surface area contributed by atoms with Crippen LogP contribution in [0, 0.1) is 0 Å². The molecule has 30 heavy (non-hydrogen) atoms. The Morgan fingerprint density at radius 2 is 1.93 bits per heavy atom. The largest absolute Gasteiger partial charge is 0.382 e. The highest BCUT2D eigenvalue weighted by Crippen LogP contribution is 2.32. The Morgan fingerprint density at radius 3 is 2.67 bits per heavy atom. The number of hydrogen-bond donors (Lipinski definition) is 2. The fourth-order valence-electron chi connectivity index (χ4n) is 4.18. The molecule has 5 nitrogen and oxygen atoms in total. The van der Waals surface area contributed by atoms with Gasteiger partial charge in [0.2, 0.25) is 11.4 Å². The van der Waals surface area contributed by atoms with Crippen molar-refractivity contribution in [3.8, 4) is 11.1 Å². The number of nitrogens with zero attached hydrogens (tertiary/aromatic N) is 3. The van der Waals surface area contributed by atoms with Gasteiger partial charge in [-0.05, 0) is 73.3 Å². The van der Waals surface area contributed by atoms with Crippen molar-refractivity contribution in [1.29, 1.82) is 0 Å². The van der Waals surface area contributed by atoms with Gasteiger partial charge in [0.05, 0.1) is 0 Å². The maximum absolute atomic E-state index is 9.86. The van der Waals surface area contributed by atoms with Crippen LogP contribution < -0.4 is 5.32 Å². The molecule has 0 amide bonds. The van der Waals surface area contributed by atoms with Crippen molar-refractivity contribution in [2.45, 2.75) is 25.4 Å². The summed E-state index contributed by atoms with van der Waals surface area (Å²) in [4.78, 5) is 6.56. The lowest BCUT2D eigenvalue weighted by Gasteiger charge is -2.29. The molecule has 2 N–H and O–H groups in total. The van der Waals surface area contributed by atoms with Gasteiger partial charge in [-0.3, -0.25) is 4.98 Å². The number of hydrogen-bond acceptors (Lipinski definition) is 5. The molecule has 1 fully saturated rings. The van der Waals surface area contributed by atoms with Crippen molar-refractivity contribution >= 4 is 27.8 Å². The summed E-state index contributed by atoms with van der Waals surface area (Å²) in [5.41, 5.74) is 4.92. The van der Waals surface area contributed by atoms with Crippen LogP contribution in [0.4, 0.5) is 5.69 Å². The third kappa shape index (κ3) is 4.95.